The predicted octanol–water partition coefficient (Wildman–Crippen LogP) is 1.92. The van der Waals surface area contributed by atoms with Crippen molar-refractivity contribution in [3.05, 3.63) is 35.6 Å². The quantitative estimate of drug-likeness (QED) is 0.766. The Morgan fingerprint density at radius 1 is 1.44 bits per heavy atom. The van der Waals surface area contributed by atoms with Crippen molar-refractivity contribution in [3.63, 3.8) is 0 Å². The van der Waals surface area contributed by atoms with Crippen LogP contribution in [-0.4, -0.2) is 24.1 Å². The lowest BCUT2D eigenvalue weighted by Crippen LogP contribution is -2.36. The van der Waals surface area contributed by atoms with E-state index in [2.05, 4.69) is 0 Å². The number of rotatable bonds is 2. The summed E-state index contributed by atoms with van der Waals surface area (Å²) in [5.74, 6) is -0.421. The zero-order chi connectivity index (χ0) is 11.4. The molecule has 0 atom stereocenters. The molecular weight excluding hydrogens is 209 g/mol. The summed E-state index contributed by atoms with van der Waals surface area (Å²) >= 11 is 0. The first-order valence-electron chi connectivity index (χ1n) is 5.43. The second kappa shape index (κ2) is 5.07. The lowest BCUT2D eigenvalue weighted by Gasteiger charge is -2.25. The number of carbonyl (C=O) groups excluding carboxylic acids is 1. The van der Waals surface area contributed by atoms with Crippen molar-refractivity contribution >= 4 is 5.91 Å². The minimum absolute atomic E-state index is 0.106. The van der Waals surface area contributed by atoms with Gasteiger partial charge in [-0.3, -0.25) is 9.63 Å². The normalized spacial score (nSPS) is 16.2. The Bertz CT molecular complexity index is 375. The third kappa shape index (κ3) is 2.79. The molecule has 0 N–H and O–H groups in total. The number of halogens is 1. The Morgan fingerprint density at radius 3 is 3.00 bits per heavy atom. The average Bonchev–Trinajstić information content (AvgIpc) is 2.30. The molecule has 1 aliphatic heterocycles. The average molecular weight is 223 g/mol. The summed E-state index contributed by atoms with van der Waals surface area (Å²) in [7, 11) is 0. The Kier molecular flexibility index (Phi) is 3.51. The van der Waals surface area contributed by atoms with Crippen LogP contribution in [0.4, 0.5) is 4.39 Å². The lowest BCUT2D eigenvalue weighted by atomic mass is 10.1. The van der Waals surface area contributed by atoms with Gasteiger partial charge in [0.2, 0.25) is 0 Å². The van der Waals surface area contributed by atoms with Gasteiger partial charge in [-0.05, 0) is 30.5 Å². The molecule has 0 spiro atoms. The zero-order valence-corrected chi connectivity index (χ0v) is 8.99. The van der Waals surface area contributed by atoms with Gasteiger partial charge in [0.25, 0.3) is 5.91 Å². The van der Waals surface area contributed by atoms with Crippen molar-refractivity contribution < 1.29 is 14.0 Å². The number of nitrogens with zero attached hydrogens (tertiary/aromatic N) is 1. The van der Waals surface area contributed by atoms with E-state index in [1.54, 1.807) is 12.1 Å². The molecule has 1 aromatic rings. The van der Waals surface area contributed by atoms with E-state index in [-0.39, 0.29) is 18.1 Å². The molecule has 4 heteroatoms. The lowest BCUT2D eigenvalue weighted by molar-refractivity contribution is -0.196. The molecular formula is C12H14FNO2. The van der Waals surface area contributed by atoms with Crippen molar-refractivity contribution in [2.45, 2.75) is 19.3 Å². The van der Waals surface area contributed by atoms with Crippen LogP contribution in [0.2, 0.25) is 0 Å². The minimum Gasteiger partial charge on any atom is -0.272 e. The molecule has 0 aromatic heterocycles. The third-order valence-corrected chi connectivity index (χ3v) is 2.53. The minimum atomic E-state index is -0.315. The highest BCUT2D eigenvalue weighted by atomic mass is 19.1. The molecule has 2 rings (SSSR count). The van der Waals surface area contributed by atoms with Gasteiger partial charge < -0.3 is 0 Å². The van der Waals surface area contributed by atoms with Crippen molar-refractivity contribution in [1.82, 2.24) is 5.06 Å². The van der Waals surface area contributed by atoms with E-state index in [4.69, 9.17) is 4.84 Å². The van der Waals surface area contributed by atoms with Gasteiger partial charge in [0.15, 0.2) is 0 Å². The maximum atomic E-state index is 12.9. The summed E-state index contributed by atoms with van der Waals surface area (Å²) < 4.78 is 12.9. The number of hydrogen-bond acceptors (Lipinski definition) is 2. The van der Waals surface area contributed by atoms with Crippen LogP contribution in [0.5, 0.6) is 0 Å². The number of amides is 1. The fourth-order valence-corrected chi connectivity index (χ4v) is 1.70. The summed E-state index contributed by atoms with van der Waals surface area (Å²) in [5, 5.41) is 1.38. The van der Waals surface area contributed by atoms with Crippen LogP contribution < -0.4 is 0 Å². The Hall–Kier alpha value is -1.42. The van der Waals surface area contributed by atoms with E-state index in [9.17, 15) is 9.18 Å². The van der Waals surface area contributed by atoms with Gasteiger partial charge in [0.05, 0.1) is 13.0 Å². The van der Waals surface area contributed by atoms with E-state index in [1.807, 2.05) is 0 Å². The predicted molar refractivity (Wildman–Crippen MR) is 57.0 cm³/mol. The van der Waals surface area contributed by atoms with Gasteiger partial charge >= 0.3 is 0 Å². The SMILES string of the molecule is O=C(Cc1cccc(F)c1)N1CCCCO1. The number of carbonyl (C=O) groups is 1. The van der Waals surface area contributed by atoms with E-state index in [0.717, 1.165) is 12.8 Å². The topological polar surface area (TPSA) is 29.5 Å². The van der Waals surface area contributed by atoms with Crippen LogP contribution in [-0.2, 0) is 16.1 Å². The molecule has 0 aliphatic carbocycles. The van der Waals surface area contributed by atoms with Crippen molar-refractivity contribution in [1.29, 1.82) is 0 Å². The van der Waals surface area contributed by atoms with Crippen LogP contribution in [0.25, 0.3) is 0 Å². The molecule has 0 radical (unpaired) electrons. The molecule has 86 valence electrons. The summed E-state index contributed by atoms with van der Waals surface area (Å²) in [6.07, 6.45) is 2.15. The maximum Gasteiger partial charge on any atom is 0.250 e. The highest BCUT2D eigenvalue weighted by molar-refractivity contribution is 5.77. The fraction of sp³-hybridized carbons (Fsp3) is 0.417. The molecule has 1 fully saturated rings. The molecule has 1 aromatic carbocycles. The van der Waals surface area contributed by atoms with Crippen LogP contribution >= 0.6 is 0 Å². The number of benzene rings is 1. The summed E-state index contributed by atoms with van der Waals surface area (Å²) in [5.41, 5.74) is 0.680. The Morgan fingerprint density at radius 2 is 2.31 bits per heavy atom. The maximum absolute atomic E-state index is 12.9. The van der Waals surface area contributed by atoms with Gasteiger partial charge in [-0.2, -0.15) is 0 Å². The van der Waals surface area contributed by atoms with Gasteiger partial charge in [0.1, 0.15) is 5.82 Å². The molecule has 1 saturated heterocycles. The smallest absolute Gasteiger partial charge is 0.250 e. The van der Waals surface area contributed by atoms with E-state index >= 15 is 0 Å². The van der Waals surface area contributed by atoms with Gasteiger partial charge in [-0.25, -0.2) is 9.45 Å². The van der Waals surface area contributed by atoms with Crippen LogP contribution in [0.3, 0.4) is 0 Å². The monoisotopic (exact) mass is 223 g/mol. The molecule has 1 amide bonds. The molecule has 16 heavy (non-hydrogen) atoms. The first-order chi connectivity index (χ1) is 7.75. The molecule has 0 saturated carbocycles. The standard InChI is InChI=1S/C12H14FNO2/c13-11-5-3-4-10(8-11)9-12(15)14-6-1-2-7-16-14/h3-5,8H,1-2,6-7,9H2. The molecule has 1 heterocycles. The van der Waals surface area contributed by atoms with Gasteiger partial charge in [-0.1, -0.05) is 12.1 Å². The third-order valence-electron chi connectivity index (χ3n) is 2.53. The van der Waals surface area contributed by atoms with Crippen molar-refractivity contribution in [2.75, 3.05) is 13.2 Å². The molecule has 1 aliphatic rings. The zero-order valence-electron chi connectivity index (χ0n) is 8.99. The largest absolute Gasteiger partial charge is 0.272 e. The highest BCUT2D eigenvalue weighted by Crippen LogP contribution is 2.10. The van der Waals surface area contributed by atoms with E-state index < -0.39 is 0 Å². The first-order valence-corrected chi connectivity index (χ1v) is 5.43. The van der Waals surface area contributed by atoms with Crippen LogP contribution in [0.1, 0.15) is 18.4 Å². The number of hydroxylamine groups is 2. The number of hydrogen-bond donors (Lipinski definition) is 0. The second-order valence-electron chi connectivity index (χ2n) is 3.84. The van der Waals surface area contributed by atoms with Crippen molar-refractivity contribution in [3.8, 4) is 0 Å². The Balaban J connectivity index is 1.96. The first kappa shape index (κ1) is 11.1. The van der Waals surface area contributed by atoms with E-state index in [1.165, 1.54) is 17.2 Å². The van der Waals surface area contributed by atoms with Crippen LogP contribution in [0, 0.1) is 5.82 Å². The molecule has 3 nitrogen and oxygen atoms in total. The van der Waals surface area contributed by atoms with E-state index in [0.29, 0.717) is 18.7 Å². The van der Waals surface area contributed by atoms with Crippen LogP contribution in [0.15, 0.2) is 24.3 Å². The van der Waals surface area contributed by atoms with Crippen molar-refractivity contribution in [2.24, 2.45) is 0 Å². The highest BCUT2D eigenvalue weighted by Gasteiger charge is 2.17. The van der Waals surface area contributed by atoms with Gasteiger partial charge in [-0.15, -0.1) is 0 Å². The molecule has 0 unspecified atom stereocenters. The summed E-state index contributed by atoms with van der Waals surface area (Å²) in [6.45, 7) is 1.23. The second-order valence-corrected chi connectivity index (χ2v) is 3.84. The summed E-state index contributed by atoms with van der Waals surface area (Å²) in [4.78, 5) is 17.0. The van der Waals surface area contributed by atoms with Gasteiger partial charge in [0, 0.05) is 6.54 Å². The Labute approximate surface area is 93.8 Å². The fourth-order valence-electron chi connectivity index (χ4n) is 1.70. The molecule has 0 bridgehead atoms. The summed E-state index contributed by atoms with van der Waals surface area (Å²) in [6, 6.07) is 6.09.